The van der Waals surface area contributed by atoms with E-state index >= 15 is 0 Å². The molecule has 0 aliphatic rings. The molecule has 27 heavy (non-hydrogen) atoms. The lowest BCUT2D eigenvalue weighted by Crippen LogP contribution is -2.53. The molecule has 0 bridgehead atoms. The van der Waals surface area contributed by atoms with E-state index in [1.807, 2.05) is 37.3 Å². The van der Waals surface area contributed by atoms with Crippen LogP contribution in [0.4, 0.5) is 0 Å². The maximum absolute atomic E-state index is 12.2. The molecule has 4 rings (SSSR count). The minimum Gasteiger partial charge on any atom is -0.479 e. The molecular formula is C22H19NO3S. The van der Waals surface area contributed by atoms with E-state index < -0.39 is 17.4 Å². The predicted octanol–water partition coefficient (Wildman–Crippen LogP) is 4.24. The summed E-state index contributed by atoms with van der Waals surface area (Å²) >= 11 is 4.29. The number of hydrogen-bond acceptors (Lipinski definition) is 3. The number of carbonyl (C=O) groups excluding carboxylic acids is 1. The topological polar surface area (TPSA) is 66.4 Å². The number of amides is 1. The number of aliphatic carboxylic acids is 1. The molecule has 1 amide bonds. The first-order chi connectivity index (χ1) is 12.9. The van der Waals surface area contributed by atoms with Gasteiger partial charge in [0, 0.05) is 12.7 Å². The summed E-state index contributed by atoms with van der Waals surface area (Å²) < 4.78 is 0. The van der Waals surface area contributed by atoms with Crippen LogP contribution in [0.2, 0.25) is 0 Å². The largest absolute Gasteiger partial charge is 0.479 e. The smallest absolute Gasteiger partial charge is 0.335 e. The molecule has 0 aromatic heterocycles. The molecule has 0 saturated carbocycles. The number of carbonyl (C=O) groups is 2. The fraction of sp³-hybridized carbons (Fsp3) is 0.182. The molecule has 0 saturated heterocycles. The zero-order valence-electron chi connectivity index (χ0n) is 15.0. The van der Waals surface area contributed by atoms with Crippen LogP contribution < -0.4 is 5.32 Å². The van der Waals surface area contributed by atoms with Gasteiger partial charge in [0.05, 0.1) is 0 Å². The molecule has 4 nitrogen and oxygen atoms in total. The molecule has 2 N–H and O–H groups in total. The summed E-state index contributed by atoms with van der Waals surface area (Å²) in [5, 5.41) is 19.2. The molecule has 0 heterocycles. The van der Waals surface area contributed by atoms with Gasteiger partial charge in [0.1, 0.15) is 0 Å². The molecule has 4 aromatic rings. The summed E-state index contributed by atoms with van der Waals surface area (Å²) in [7, 11) is 0. The van der Waals surface area contributed by atoms with E-state index in [2.05, 4.69) is 36.1 Å². The maximum atomic E-state index is 12.2. The average Bonchev–Trinajstić information content (AvgIpc) is 2.65. The Morgan fingerprint density at radius 2 is 1.67 bits per heavy atom. The van der Waals surface area contributed by atoms with Crippen LogP contribution in [0.5, 0.6) is 0 Å². The monoisotopic (exact) mass is 377 g/mol. The van der Waals surface area contributed by atoms with E-state index in [-0.39, 0.29) is 5.75 Å². The lowest BCUT2D eigenvalue weighted by molar-refractivity contribution is -0.146. The number of nitrogens with one attached hydrogen (secondary N) is 1. The molecule has 0 unspecified atom stereocenters. The lowest BCUT2D eigenvalue weighted by Gasteiger charge is -2.31. The summed E-state index contributed by atoms with van der Waals surface area (Å²) in [6, 6.07) is 16.2. The van der Waals surface area contributed by atoms with Crippen molar-refractivity contribution >= 4 is 56.8 Å². The van der Waals surface area contributed by atoms with Crippen LogP contribution in [0, 0.1) is 6.92 Å². The Labute approximate surface area is 161 Å². The van der Waals surface area contributed by atoms with Crippen molar-refractivity contribution in [1.82, 2.24) is 5.32 Å². The van der Waals surface area contributed by atoms with Gasteiger partial charge in [0.15, 0.2) is 5.54 Å². The zero-order valence-corrected chi connectivity index (χ0v) is 15.9. The standard InChI is InChI=1S/C22H19NO3S/c1-12-17-9-8-15-5-3-4-14-6-7-16(20(17)19(14)15)10-18(12)22(11-27,21(25)26)23-13(2)24/h3-10,27H,11H2,1-2H3,(H,23,24)(H,25,26)/t22-/m1/s1. The number of carboxylic acids is 1. The predicted molar refractivity (Wildman–Crippen MR) is 112 cm³/mol. The van der Waals surface area contributed by atoms with Gasteiger partial charge in [-0.05, 0) is 56.4 Å². The number of thiol groups is 1. The number of hydrogen-bond donors (Lipinski definition) is 3. The Morgan fingerprint density at radius 1 is 1.04 bits per heavy atom. The van der Waals surface area contributed by atoms with E-state index in [0.717, 1.165) is 32.5 Å². The summed E-state index contributed by atoms with van der Waals surface area (Å²) in [6.45, 7) is 3.23. The lowest BCUT2D eigenvalue weighted by atomic mass is 9.82. The summed E-state index contributed by atoms with van der Waals surface area (Å²) in [6.07, 6.45) is 0. The molecule has 0 radical (unpaired) electrons. The van der Waals surface area contributed by atoms with Gasteiger partial charge in [-0.15, -0.1) is 0 Å². The van der Waals surface area contributed by atoms with Crippen LogP contribution in [-0.2, 0) is 15.1 Å². The number of rotatable bonds is 4. The molecule has 0 aliphatic carbocycles. The van der Waals surface area contributed by atoms with Crippen LogP contribution in [0.1, 0.15) is 18.1 Å². The Kier molecular flexibility index (Phi) is 4.00. The van der Waals surface area contributed by atoms with Crippen molar-refractivity contribution in [1.29, 1.82) is 0 Å². The summed E-state index contributed by atoms with van der Waals surface area (Å²) in [5.74, 6) is -1.57. The summed E-state index contributed by atoms with van der Waals surface area (Å²) in [4.78, 5) is 24.0. The highest BCUT2D eigenvalue weighted by atomic mass is 32.1. The second kappa shape index (κ2) is 6.13. The second-order valence-electron chi connectivity index (χ2n) is 6.95. The highest BCUT2D eigenvalue weighted by Crippen LogP contribution is 2.40. The number of benzene rings is 4. The molecule has 136 valence electrons. The quantitative estimate of drug-likeness (QED) is 0.368. The normalized spacial score (nSPS) is 13.9. The Hall–Kier alpha value is -2.79. The van der Waals surface area contributed by atoms with Gasteiger partial charge in [-0.25, -0.2) is 4.79 Å². The van der Waals surface area contributed by atoms with Crippen molar-refractivity contribution in [2.75, 3.05) is 5.75 Å². The van der Waals surface area contributed by atoms with Gasteiger partial charge < -0.3 is 10.4 Å². The van der Waals surface area contributed by atoms with Crippen molar-refractivity contribution in [3.05, 3.63) is 59.7 Å². The first kappa shape index (κ1) is 17.6. The molecule has 0 aliphatic heterocycles. The van der Waals surface area contributed by atoms with Gasteiger partial charge in [-0.3, -0.25) is 4.79 Å². The average molecular weight is 377 g/mol. The fourth-order valence-corrected chi connectivity index (χ4v) is 4.51. The van der Waals surface area contributed by atoms with Crippen molar-refractivity contribution in [2.45, 2.75) is 19.4 Å². The van der Waals surface area contributed by atoms with E-state index in [1.165, 1.54) is 12.3 Å². The highest BCUT2D eigenvalue weighted by Gasteiger charge is 2.42. The third kappa shape index (κ3) is 2.46. The Bertz CT molecular complexity index is 1200. The Balaban J connectivity index is 2.15. The maximum Gasteiger partial charge on any atom is 0.335 e. The van der Waals surface area contributed by atoms with E-state index in [0.29, 0.717) is 5.56 Å². The third-order valence-electron chi connectivity index (χ3n) is 5.37. The van der Waals surface area contributed by atoms with Crippen LogP contribution in [0.15, 0.2) is 48.5 Å². The van der Waals surface area contributed by atoms with Crippen molar-refractivity contribution in [3.8, 4) is 0 Å². The molecule has 4 aromatic carbocycles. The SMILES string of the molecule is CC(=O)N[C@@](CS)(C(=O)O)c1cc2ccc3cccc4ccc(c1C)c2c34. The third-order valence-corrected chi connectivity index (χ3v) is 5.84. The van der Waals surface area contributed by atoms with Gasteiger partial charge in [-0.1, -0.05) is 42.5 Å². The van der Waals surface area contributed by atoms with Crippen molar-refractivity contribution in [2.24, 2.45) is 0 Å². The van der Waals surface area contributed by atoms with Crippen molar-refractivity contribution in [3.63, 3.8) is 0 Å². The highest BCUT2D eigenvalue weighted by molar-refractivity contribution is 7.80. The molecular weight excluding hydrogens is 358 g/mol. The van der Waals surface area contributed by atoms with E-state index in [4.69, 9.17) is 0 Å². The van der Waals surface area contributed by atoms with Crippen molar-refractivity contribution < 1.29 is 14.7 Å². The number of aryl methyl sites for hydroxylation is 1. The van der Waals surface area contributed by atoms with Gasteiger partial charge in [0.25, 0.3) is 0 Å². The van der Waals surface area contributed by atoms with Gasteiger partial charge in [-0.2, -0.15) is 12.6 Å². The van der Waals surface area contributed by atoms with Gasteiger partial charge in [0.2, 0.25) is 5.91 Å². The van der Waals surface area contributed by atoms with Crippen LogP contribution in [-0.4, -0.2) is 22.7 Å². The van der Waals surface area contributed by atoms with E-state index in [9.17, 15) is 14.7 Å². The minimum atomic E-state index is -1.58. The van der Waals surface area contributed by atoms with Gasteiger partial charge >= 0.3 is 5.97 Å². The minimum absolute atomic E-state index is 0.0454. The first-order valence-electron chi connectivity index (χ1n) is 8.69. The van der Waals surface area contributed by atoms with E-state index in [1.54, 1.807) is 0 Å². The molecule has 1 atom stereocenters. The Morgan fingerprint density at radius 3 is 2.26 bits per heavy atom. The zero-order chi connectivity index (χ0) is 19.3. The van der Waals surface area contributed by atoms with Crippen LogP contribution in [0.25, 0.3) is 32.3 Å². The van der Waals surface area contributed by atoms with Crippen LogP contribution in [0.3, 0.4) is 0 Å². The molecule has 5 heteroatoms. The fourth-order valence-electron chi connectivity index (χ4n) is 4.12. The molecule has 0 fully saturated rings. The first-order valence-corrected chi connectivity index (χ1v) is 9.33. The molecule has 0 spiro atoms. The second-order valence-corrected chi connectivity index (χ2v) is 7.27. The van der Waals surface area contributed by atoms with Crippen LogP contribution >= 0.6 is 12.6 Å². The number of carboxylic acid groups (broad SMARTS) is 1. The summed E-state index contributed by atoms with van der Waals surface area (Å²) in [5.41, 5.74) is -0.180.